The van der Waals surface area contributed by atoms with E-state index < -0.39 is 18.1 Å². The van der Waals surface area contributed by atoms with E-state index >= 15 is 0 Å². The van der Waals surface area contributed by atoms with Crippen LogP contribution in [0, 0.1) is 5.92 Å². The molecule has 1 aliphatic rings. The second-order valence-electron chi connectivity index (χ2n) is 5.93. The number of nitrogens with one attached hydrogen (secondary N) is 1. The Morgan fingerprint density at radius 2 is 2.14 bits per heavy atom. The number of fused-ring (bicyclic) bond motifs is 1. The van der Waals surface area contributed by atoms with Gasteiger partial charge in [0.2, 0.25) is 0 Å². The molecule has 3 rings (SSSR count). The molecule has 0 spiro atoms. The zero-order valence-electron chi connectivity index (χ0n) is 12.4. The van der Waals surface area contributed by atoms with Crippen LogP contribution in [0.5, 0.6) is 0 Å². The number of thiazole rings is 1. The molecule has 6 heteroatoms. The van der Waals surface area contributed by atoms with Gasteiger partial charge < -0.3 is 15.5 Å². The number of aliphatic hydroxyl groups excluding tert-OH is 2. The summed E-state index contributed by atoms with van der Waals surface area (Å²) in [5, 5.41) is 23.6. The van der Waals surface area contributed by atoms with Crippen molar-refractivity contribution >= 4 is 27.5 Å². The molecule has 118 valence electrons. The third-order valence-electron chi connectivity index (χ3n) is 4.32. The maximum absolute atomic E-state index is 12.1. The summed E-state index contributed by atoms with van der Waals surface area (Å²) in [7, 11) is 0. The van der Waals surface area contributed by atoms with Crippen molar-refractivity contribution in [1.29, 1.82) is 0 Å². The Morgan fingerprint density at radius 3 is 2.82 bits per heavy atom. The largest absolute Gasteiger partial charge is 0.383 e. The minimum atomic E-state index is -1.49. The molecule has 0 aliphatic heterocycles. The van der Waals surface area contributed by atoms with Gasteiger partial charge in [-0.1, -0.05) is 25.5 Å². The molecule has 3 N–H and O–H groups in total. The van der Waals surface area contributed by atoms with Crippen molar-refractivity contribution in [3.63, 3.8) is 0 Å². The van der Waals surface area contributed by atoms with Crippen molar-refractivity contribution in [3.05, 3.63) is 29.3 Å². The zero-order valence-corrected chi connectivity index (χ0v) is 13.2. The van der Waals surface area contributed by atoms with Crippen LogP contribution in [0.2, 0.25) is 0 Å². The van der Waals surface area contributed by atoms with E-state index in [2.05, 4.69) is 17.2 Å². The third kappa shape index (κ3) is 2.99. The molecular weight excluding hydrogens is 300 g/mol. The highest BCUT2D eigenvalue weighted by molar-refractivity contribution is 7.18. The Bertz CT molecular complexity index is 639. The number of para-hydroxylation sites is 1. The molecule has 1 saturated carbocycles. The number of carbonyl (C=O) groups is 1. The van der Waals surface area contributed by atoms with Gasteiger partial charge in [0.15, 0.2) is 6.10 Å². The summed E-state index contributed by atoms with van der Waals surface area (Å²) in [6.07, 6.45) is 0.309. The summed E-state index contributed by atoms with van der Waals surface area (Å²) in [6.45, 7) is 2.09. The maximum atomic E-state index is 12.1. The summed E-state index contributed by atoms with van der Waals surface area (Å²) in [6, 6.07) is 7.58. The topological polar surface area (TPSA) is 82.5 Å². The smallest absolute Gasteiger partial charge is 0.252 e. The number of carbonyl (C=O) groups excluding carboxylic acids is 1. The van der Waals surface area contributed by atoms with Gasteiger partial charge in [0.05, 0.1) is 10.2 Å². The predicted molar refractivity (Wildman–Crippen MR) is 85.5 cm³/mol. The maximum Gasteiger partial charge on any atom is 0.252 e. The minimum absolute atomic E-state index is 0.0877. The number of benzene rings is 1. The standard InChI is InChI=1S/C16H20N2O3S/c1-9-5-4-7-10(9)17-15(21)13(19)14(20)16-18-11-6-2-3-8-12(11)22-16/h2-3,6,8-10,13-14,19-20H,4-5,7H2,1H3,(H,17,21). The van der Waals surface area contributed by atoms with Crippen molar-refractivity contribution in [3.8, 4) is 0 Å². The van der Waals surface area contributed by atoms with Crippen molar-refractivity contribution in [2.24, 2.45) is 5.92 Å². The van der Waals surface area contributed by atoms with E-state index in [1.807, 2.05) is 24.3 Å². The number of aromatic nitrogens is 1. The van der Waals surface area contributed by atoms with Gasteiger partial charge in [0, 0.05) is 6.04 Å². The molecule has 1 aromatic heterocycles. The quantitative estimate of drug-likeness (QED) is 0.804. The Labute approximate surface area is 133 Å². The van der Waals surface area contributed by atoms with Gasteiger partial charge in [-0.3, -0.25) is 4.79 Å². The molecule has 0 radical (unpaired) electrons. The highest BCUT2D eigenvalue weighted by Gasteiger charge is 2.32. The summed E-state index contributed by atoms with van der Waals surface area (Å²) in [4.78, 5) is 16.4. The first-order valence-electron chi connectivity index (χ1n) is 7.58. The number of hydrogen-bond acceptors (Lipinski definition) is 5. The molecule has 5 nitrogen and oxygen atoms in total. The number of rotatable bonds is 4. The molecule has 1 aliphatic carbocycles. The van der Waals surface area contributed by atoms with Crippen LogP contribution in [0.3, 0.4) is 0 Å². The zero-order chi connectivity index (χ0) is 15.7. The van der Waals surface area contributed by atoms with Crippen LogP contribution in [-0.4, -0.2) is 33.3 Å². The van der Waals surface area contributed by atoms with E-state index in [9.17, 15) is 15.0 Å². The lowest BCUT2D eigenvalue weighted by atomic mass is 10.1. The Hall–Kier alpha value is -1.50. The molecule has 22 heavy (non-hydrogen) atoms. The van der Waals surface area contributed by atoms with Crippen molar-refractivity contribution in [1.82, 2.24) is 10.3 Å². The lowest BCUT2D eigenvalue weighted by molar-refractivity contribution is -0.136. The summed E-state index contributed by atoms with van der Waals surface area (Å²) in [5.41, 5.74) is 0.763. The second kappa shape index (κ2) is 6.32. The van der Waals surface area contributed by atoms with Gasteiger partial charge in [-0.2, -0.15) is 0 Å². The van der Waals surface area contributed by atoms with Crippen molar-refractivity contribution in [2.75, 3.05) is 0 Å². The molecule has 4 atom stereocenters. The summed E-state index contributed by atoms with van der Waals surface area (Å²) < 4.78 is 0.925. The van der Waals surface area contributed by atoms with E-state index in [1.54, 1.807) is 0 Å². The first-order valence-corrected chi connectivity index (χ1v) is 8.40. The third-order valence-corrected chi connectivity index (χ3v) is 5.43. The minimum Gasteiger partial charge on any atom is -0.383 e. The van der Waals surface area contributed by atoms with E-state index in [4.69, 9.17) is 0 Å². The average molecular weight is 320 g/mol. The van der Waals surface area contributed by atoms with Crippen molar-refractivity contribution < 1.29 is 15.0 Å². The van der Waals surface area contributed by atoms with Gasteiger partial charge in [-0.15, -0.1) is 11.3 Å². The van der Waals surface area contributed by atoms with Gasteiger partial charge in [0.25, 0.3) is 5.91 Å². The molecule has 0 saturated heterocycles. The number of aliphatic hydroxyl groups is 2. The van der Waals surface area contributed by atoms with E-state index in [1.165, 1.54) is 11.3 Å². The lowest BCUT2D eigenvalue weighted by Gasteiger charge is -2.21. The van der Waals surface area contributed by atoms with E-state index in [0.29, 0.717) is 10.9 Å². The molecular formula is C16H20N2O3S. The highest BCUT2D eigenvalue weighted by atomic mass is 32.1. The van der Waals surface area contributed by atoms with Gasteiger partial charge in [0.1, 0.15) is 11.1 Å². The summed E-state index contributed by atoms with van der Waals surface area (Å²) in [5.74, 6) is -0.110. The number of nitrogens with zero attached hydrogens (tertiary/aromatic N) is 1. The van der Waals surface area contributed by atoms with E-state index in [0.717, 1.165) is 29.5 Å². The Balaban J connectivity index is 1.70. The normalized spacial score (nSPS) is 24.3. The van der Waals surface area contributed by atoms with Crippen LogP contribution in [0.25, 0.3) is 10.2 Å². The molecule has 1 heterocycles. The fourth-order valence-electron chi connectivity index (χ4n) is 2.92. The Kier molecular flexibility index (Phi) is 4.42. The molecule has 1 aromatic carbocycles. The highest BCUT2D eigenvalue weighted by Crippen LogP contribution is 2.29. The van der Waals surface area contributed by atoms with Crippen LogP contribution in [0.4, 0.5) is 0 Å². The van der Waals surface area contributed by atoms with Crippen LogP contribution >= 0.6 is 11.3 Å². The molecule has 4 unspecified atom stereocenters. The van der Waals surface area contributed by atoms with Gasteiger partial charge >= 0.3 is 0 Å². The molecule has 2 aromatic rings. The second-order valence-corrected chi connectivity index (χ2v) is 6.99. The SMILES string of the molecule is CC1CCCC1NC(=O)C(O)C(O)c1nc2ccccc2s1. The fraction of sp³-hybridized carbons (Fsp3) is 0.500. The van der Waals surface area contributed by atoms with Crippen LogP contribution in [-0.2, 0) is 4.79 Å². The number of hydrogen-bond donors (Lipinski definition) is 3. The molecule has 0 bridgehead atoms. The van der Waals surface area contributed by atoms with Gasteiger partial charge in [-0.05, 0) is 30.9 Å². The van der Waals surface area contributed by atoms with Crippen molar-refractivity contribution in [2.45, 2.75) is 44.4 Å². The first-order chi connectivity index (χ1) is 10.6. The average Bonchev–Trinajstić information content (AvgIpc) is 3.12. The predicted octanol–water partition coefficient (Wildman–Crippen LogP) is 2.00. The summed E-state index contributed by atoms with van der Waals surface area (Å²) >= 11 is 1.29. The Morgan fingerprint density at radius 1 is 1.36 bits per heavy atom. The van der Waals surface area contributed by atoms with Crippen LogP contribution in [0.1, 0.15) is 37.3 Å². The van der Waals surface area contributed by atoms with Crippen LogP contribution in [0.15, 0.2) is 24.3 Å². The lowest BCUT2D eigenvalue weighted by Crippen LogP contribution is -2.44. The van der Waals surface area contributed by atoms with Gasteiger partial charge in [-0.25, -0.2) is 4.98 Å². The monoisotopic (exact) mass is 320 g/mol. The fourth-order valence-corrected chi connectivity index (χ4v) is 3.91. The first kappa shape index (κ1) is 15.4. The van der Waals surface area contributed by atoms with E-state index in [-0.39, 0.29) is 6.04 Å². The molecule has 1 amide bonds. The molecule has 1 fully saturated rings. The van der Waals surface area contributed by atoms with Crippen LogP contribution < -0.4 is 5.32 Å². The number of amides is 1.